The van der Waals surface area contributed by atoms with Gasteiger partial charge in [0.1, 0.15) is 5.76 Å². The zero-order valence-corrected chi connectivity index (χ0v) is 11.5. The first-order valence-corrected chi connectivity index (χ1v) is 7.34. The SMILES string of the molecule is CCCCN(Cc1ccco1)C[C@@H]1CCCNC1. The van der Waals surface area contributed by atoms with Crippen LogP contribution in [0.1, 0.15) is 38.4 Å². The number of nitrogens with one attached hydrogen (secondary N) is 1. The minimum absolute atomic E-state index is 0.811. The maximum atomic E-state index is 5.48. The first-order chi connectivity index (χ1) is 8.88. The summed E-state index contributed by atoms with van der Waals surface area (Å²) in [4.78, 5) is 2.56. The molecule has 0 saturated carbocycles. The highest BCUT2D eigenvalue weighted by molar-refractivity contribution is 4.98. The molecule has 18 heavy (non-hydrogen) atoms. The predicted molar refractivity (Wildman–Crippen MR) is 74.5 cm³/mol. The summed E-state index contributed by atoms with van der Waals surface area (Å²) in [5.41, 5.74) is 0. The zero-order chi connectivity index (χ0) is 12.6. The molecule has 0 radical (unpaired) electrons. The predicted octanol–water partition coefficient (Wildman–Crippen LogP) is 2.88. The molecule has 1 atom stereocenters. The van der Waals surface area contributed by atoms with E-state index < -0.39 is 0 Å². The maximum absolute atomic E-state index is 5.48. The van der Waals surface area contributed by atoms with E-state index in [1.165, 1.54) is 51.9 Å². The monoisotopic (exact) mass is 250 g/mol. The highest BCUT2D eigenvalue weighted by Crippen LogP contribution is 2.15. The lowest BCUT2D eigenvalue weighted by atomic mass is 9.99. The number of hydrogen-bond acceptors (Lipinski definition) is 3. The van der Waals surface area contributed by atoms with Gasteiger partial charge in [0, 0.05) is 6.54 Å². The van der Waals surface area contributed by atoms with E-state index in [0.717, 1.165) is 18.2 Å². The Bertz CT molecular complexity index is 304. The smallest absolute Gasteiger partial charge is 0.117 e. The summed E-state index contributed by atoms with van der Waals surface area (Å²) in [7, 11) is 0. The molecule has 1 saturated heterocycles. The molecule has 0 spiro atoms. The third kappa shape index (κ3) is 4.46. The van der Waals surface area contributed by atoms with Crippen LogP contribution in [0.3, 0.4) is 0 Å². The summed E-state index contributed by atoms with van der Waals surface area (Å²) in [6.07, 6.45) is 7.01. The first-order valence-electron chi connectivity index (χ1n) is 7.34. The fraction of sp³-hybridized carbons (Fsp3) is 0.733. The molecule has 0 bridgehead atoms. The molecule has 102 valence electrons. The van der Waals surface area contributed by atoms with Gasteiger partial charge in [-0.3, -0.25) is 4.90 Å². The number of hydrogen-bond donors (Lipinski definition) is 1. The molecule has 1 aliphatic heterocycles. The van der Waals surface area contributed by atoms with E-state index in [9.17, 15) is 0 Å². The van der Waals surface area contributed by atoms with Crippen molar-refractivity contribution in [2.24, 2.45) is 5.92 Å². The third-order valence-electron chi connectivity index (χ3n) is 3.70. The fourth-order valence-electron chi connectivity index (χ4n) is 2.68. The van der Waals surface area contributed by atoms with Crippen LogP contribution in [0, 0.1) is 5.92 Å². The van der Waals surface area contributed by atoms with Gasteiger partial charge in [-0.15, -0.1) is 0 Å². The van der Waals surface area contributed by atoms with Crippen molar-refractivity contribution in [1.29, 1.82) is 0 Å². The van der Waals surface area contributed by atoms with E-state index in [1.54, 1.807) is 6.26 Å². The normalized spacial score (nSPS) is 20.4. The summed E-state index contributed by atoms with van der Waals surface area (Å²) in [6.45, 7) is 7.99. The largest absolute Gasteiger partial charge is 0.468 e. The maximum Gasteiger partial charge on any atom is 0.117 e. The van der Waals surface area contributed by atoms with Gasteiger partial charge in [0.25, 0.3) is 0 Å². The van der Waals surface area contributed by atoms with Crippen molar-refractivity contribution in [2.45, 2.75) is 39.2 Å². The summed E-state index contributed by atoms with van der Waals surface area (Å²) >= 11 is 0. The van der Waals surface area contributed by atoms with Crippen LogP contribution in [0.15, 0.2) is 22.8 Å². The number of unbranched alkanes of at least 4 members (excludes halogenated alkanes) is 1. The van der Waals surface area contributed by atoms with Crippen LogP contribution in [-0.2, 0) is 6.54 Å². The Hall–Kier alpha value is -0.800. The van der Waals surface area contributed by atoms with Crippen molar-refractivity contribution < 1.29 is 4.42 Å². The molecule has 0 aliphatic carbocycles. The van der Waals surface area contributed by atoms with Crippen LogP contribution in [0.4, 0.5) is 0 Å². The second-order valence-electron chi connectivity index (χ2n) is 5.38. The van der Waals surface area contributed by atoms with Crippen LogP contribution < -0.4 is 5.32 Å². The van der Waals surface area contributed by atoms with Crippen molar-refractivity contribution in [1.82, 2.24) is 10.2 Å². The summed E-state index contributed by atoms with van der Waals surface area (Å²) in [5.74, 6) is 1.90. The number of piperidine rings is 1. The van der Waals surface area contributed by atoms with E-state index in [-0.39, 0.29) is 0 Å². The van der Waals surface area contributed by atoms with Crippen LogP contribution in [0.5, 0.6) is 0 Å². The molecule has 1 aromatic heterocycles. The second kappa shape index (κ2) is 7.59. The summed E-state index contributed by atoms with van der Waals surface area (Å²) < 4.78 is 5.48. The number of furan rings is 1. The molecule has 1 fully saturated rings. The Labute approximate surface area is 111 Å². The molecular formula is C15H26N2O. The summed E-state index contributed by atoms with van der Waals surface area (Å²) in [5, 5.41) is 3.51. The average Bonchev–Trinajstić information content (AvgIpc) is 2.90. The van der Waals surface area contributed by atoms with Gasteiger partial charge >= 0.3 is 0 Å². The van der Waals surface area contributed by atoms with Crippen LogP contribution >= 0.6 is 0 Å². The molecule has 3 heteroatoms. The Balaban J connectivity index is 1.83. The quantitative estimate of drug-likeness (QED) is 0.806. The number of nitrogens with zero attached hydrogens (tertiary/aromatic N) is 1. The third-order valence-corrected chi connectivity index (χ3v) is 3.70. The molecule has 0 unspecified atom stereocenters. The van der Waals surface area contributed by atoms with Gasteiger partial charge in [0.2, 0.25) is 0 Å². The molecule has 1 aliphatic rings. The van der Waals surface area contributed by atoms with Crippen molar-refractivity contribution in [3.63, 3.8) is 0 Å². The van der Waals surface area contributed by atoms with Crippen LogP contribution in [0.2, 0.25) is 0 Å². The van der Waals surface area contributed by atoms with Crippen molar-refractivity contribution in [3.8, 4) is 0 Å². The van der Waals surface area contributed by atoms with E-state index >= 15 is 0 Å². The molecule has 1 N–H and O–H groups in total. The Morgan fingerprint density at radius 2 is 2.44 bits per heavy atom. The van der Waals surface area contributed by atoms with Gasteiger partial charge in [-0.2, -0.15) is 0 Å². The van der Waals surface area contributed by atoms with Gasteiger partial charge in [-0.05, 0) is 56.9 Å². The molecule has 2 rings (SSSR count). The van der Waals surface area contributed by atoms with Gasteiger partial charge < -0.3 is 9.73 Å². The first kappa shape index (κ1) is 13.6. The standard InChI is InChI=1S/C15H26N2O/c1-2-3-9-17(13-15-7-5-10-18-15)12-14-6-4-8-16-11-14/h5,7,10,14,16H,2-4,6,8-9,11-13H2,1H3/t14-/m1/s1. The van der Waals surface area contributed by atoms with Crippen molar-refractivity contribution >= 4 is 0 Å². The fourth-order valence-corrected chi connectivity index (χ4v) is 2.68. The summed E-state index contributed by atoms with van der Waals surface area (Å²) in [6, 6.07) is 4.06. The Morgan fingerprint density at radius 1 is 1.50 bits per heavy atom. The molecule has 2 heterocycles. The van der Waals surface area contributed by atoms with Gasteiger partial charge in [0.15, 0.2) is 0 Å². The van der Waals surface area contributed by atoms with E-state index in [0.29, 0.717) is 0 Å². The molecule has 0 amide bonds. The average molecular weight is 250 g/mol. The molecule has 3 nitrogen and oxygen atoms in total. The van der Waals surface area contributed by atoms with Crippen molar-refractivity contribution in [2.75, 3.05) is 26.2 Å². The van der Waals surface area contributed by atoms with Crippen LogP contribution in [-0.4, -0.2) is 31.1 Å². The Morgan fingerprint density at radius 3 is 3.11 bits per heavy atom. The highest BCUT2D eigenvalue weighted by Gasteiger charge is 2.17. The number of rotatable bonds is 7. The topological polar surface area (TPSA) is 28.4 Å². The molecular weight excluding hydrogens is 224 g/mol. The van der Waals surface area contributed by atoms with Crippen LogP contribution in [0.25, 0.3) is 0 Å². The van der Waals surface area contributed by atoms with Crippen molar-refractivity contribution in [3.05, 3.63) is 24.2 Å². The van der Waals surface area contributed by atoms with E-state index in [4.69, 9.17) is 4.42 Å². The minimum atomic E-state index is 0.811. The van der Waals surface area contributed by atoms with Gasteiger partial charge in [-0.1, -0.05) is 13.3 Å². The Kier molecular flexibility index (Phi) is 5.75. The zero-order valence-electron chi connectivity index (χ0n) is 11.5. The molecule has 1 aromatic rings. The van der Waals surface area contributed by atoms with Gasteiger partial charge in [0.05, 0.1) is 12.8 Å². The van der Waals surface area contributed by atoms with E-state index in [1.807, 2.05) is 6.07 Å². The molecule has 0 aromatic carbocycles. The minimum Gasteiger partial charge on any atom is -0.468 e. The lowest BCUT2D eigenvalue weighted by Crippen LogP contribution is -2.38. The highest BCUT2D eigenvalue weighted by atomic mass is 16.3. The second-order valence-corrected chi connectivity index (χ2v) is 5.38. The lowest BCUT2D eigenvalue weighted by molar-refractivity contribution is 0.187. The van der Waals surface area contributed by atoms with E-state index in [2.05, 4.69) is 23.2 Å². The van der Waals surface area contributed by atoms with Gasteiger partial charge in [-0.25, -0.2) is 0 Å². The lowest BCUT2D eigenvalue weighted by Gasteiger charge is -2.29.